The van der Waals surface area contributed by atoms with Crippen LogP contribution in [0.25, 0.3) is 0 Å². The van der Waals surface area contributed by atoms with Gasteiger partial charge in [-0.2, -0.15) is 0 Å². The zero-order chi connectivity index (χ0) is 12.1. The lowest BCUT2D eigenvalue weighted by atomic mass is 10.6. The number of rotatable bonds is 5. The molecule has 0 aliphatic heterocycles. The van der Waals surface area contributed by atoms with Gasteiger partial charge >= 0.3 is 0 Å². The summed E-state index contributed by atoms with van der Waals surface area (Å²) in [5.41, 5.74) is 5.54. The van der Waals surface area contributed by atoms with Crippen molar-refractivity contribution >= 4 is 17.7 Å². The summed E-state index contributed by atoms with van der Waals surface area (Å²) in [5, 5.41) is 8.73. The molecule has 1 heterocycles. The number of amides is 1. The number of carbonyl (C=O) groups excluding carboxylic acids is 1. The van der Waals surface area contributed by atoms with Gasteiger partial charge in [-0.25, -0.2) is 0 Å². The lowest BCUT2D eigenvalue weighted by molar-refractivity contribution is -0.125. The van der Waals surface area contributed by atoms with Crippen molar-refractivity contribution in [3.05, 3.63) is 5.82 Å². The Morgan fingerprint density at radius 1 is 1.50 bits per heavy atom. The van der Waals surface area contributed by atoms with Crippen LogP contribution in [0.1, 0.15) is 12.7 Å². The topological polar surface area (TPSA) is 77.0 Å². The summed E-state index contributed by atoms with van der Waals surface area (Å²) in [6, 6.07) is 0. The van der Waals surface area contributed by atoms with Crippen LogP contribution in [0.3, 0.4) is 0 Å². The lowest BCUT2D eigenvalue weighted by Gasteiger charge is -2.09. The van der Waals surface area contributed by atoms with Crippen molar-refractivity contribution in [2.45, 2.75) is 25.2 Å². The molecule has 0 saturated heterocycles. The van der Waals surface area contributed by atoms with Crippen molar-refractivity contribution in [2.75, 3.05) is 19.8 Å². The molecular formula is C9H17N5OS. The zero-order valence-electron chi connectivity index (χ0n) is 9.80. The molecule has 1 aromatic heterocycles. The first-order valence-electron chi connectivity index (χ1n) is 5.05. The first-order chi connectivity index (χ1) is 7.60. The second kappa shape index (κ2) is 5.86. The van der Waals surface area contributed by atoms with Gasteiger partial charge < -0.3 is 15.2 Å². The fraction of sp³-hybridized carbons (Fsp3) is 0.667. The Kier molecular flexibility index (Phi) is 4.75. The molecule has 16 heavy (non-hydrogen) atoms. The highest BCUT2D eigenvalue weighted by molar-refractivity contribution is 7.99. The van der Waals surface area contributed by atoms with Crippen LogP contribution < -0.4 is 5.73 Å². The van der Waals surface area contributed by atoms with Gasteiger partial charge in [0.2, 0.25) is 5.91 Å². The molecule has 1 amide bonds. The van der Waals surface area contributed by atoms with E-state index in [9.17, 15) is 4.79 Å². The molecule has 0 atom stereocenters. The van der Waals surface area contributed by atoms with E-state index in [2.05, 4.69) is 10.2 Å². The van der Waals surface area contributed by atoms with Gasteiger partial charge in [0.1, 0.15) is 5.82 Å². The van der Waals surface area contributed by atoms with Crippen LogP contribution in [0.2, 0.25) is 0 Å². The summed E-state index contributed by atoms with van der Waals surface area (Å²) in [5.74, 6) is 1.18. The van der Waals surface area contributed by atoms with E-state index in [1.54, 1.807) is 19.0 Å². The summed E-state index contributed by atoms with van der Waals surface area (Å²) >= 11 is 1.39. The molecule has 0 spiro atoms. The van der Waals surface area contributed by atoms with Gasteiger partial charge in [0.15, 0.2) is 5.16 Å². The molecule has 0 fully saturated rings. The summed E-state index contributed by atoms with van der Waals surface area (Å²) in [7, 11) is 3.47. The fourth-order valence-corrected chi connectivity index (χ4v) is 2.15. The standard InChI is InChI=1S/C9H17N5OS/c1-4-14-7(5-10)11-12-9(14)16-6-8(15)13(2)3/h4-6,10H2,1-3H3. The van der Waals surface area contributed by atoms with Crippen molar-refractivity contribution in [2.24, 2.45) is 5.73 Å². The molecule has 2 N–H and O–H groups in total. The maximum atomic E-state index is 11.4. The first-order valence-corrected chi connectivity index (χ1v) is 6.03. The maximum absolute atomic E-state index is 11.4. The van der Waals surface area contributed by atoms with Crippen LogP contribution in [0.15, 0.2) is 5.16 Å². The quantitative estimate of drug-likeness (QED) is 0.733. The van der Waals surface area contributed by atoms with Crippen LogP contribution in [0.5, 0.6) is 0 Å². The number of thioether (sulfide) groups is 1. The summed E-state index contributed by atoms with van der Waals surface area (Å²) in [6.45, 7) is 3.13. The Bertz CT molecular complexity index is 363. The minimum absolute atomic E-state index is 0.0601. The number of nitrogens with two attached hydrogens (primary N) is 1. The largest absolute Gasteiger partial charge is 0.348 e. The number of hydrogen-bond acceptors (Lipinski definition) is 5. The summed E-state index contributed by atoms with van der Waals surface area (Å²) in [4.78, 5) is 13.0. The number of aromatic nitrogens is 3. The fourth-order valence-electron chi connectivity index (χ4n) is 1.15. The molecule has 6 nitrogen and oxygen atoms in total. The third-order valence-corrected chi connectivity index (χ3v) is 3.07. The second-order valence-corrected chi connectivity index (χ2v) is 4.37. The molecule has 0 saturated carbocycles. The number of carbonyl (C=O) groups is 1. The minimum Gasteiger partial charge on any atom is -0.348 e. The Hall–Kier alpha value is -1.08. The normalized spacial score (nSPS) is 10.5. The van der Waals surface area contributed by atoms with E-state index in [0.717, 1.165) is 17.5 Å². The average molecular weight is 243 g/mol. The van der Waals surface area contributed by atoms with Crippen LogP contribution >= 0.6 is 11.8 Å². The van der Waals surface area contributed by atoms with Crippen molar-refractivity contribution in [1.82, 2.24) is 19.7 Å². The second-order valence-electron chi connectivity index (χ2n) is 3.42. The molecule has 0 bridgehead atoms. The Balaban J connectivity index is 2.67. The first kappa shape index (κ1) is 13.0. The van der Waals surface area contributed by atoms with Gasteiger partial charge in [0, 0.05) is 20.6 Å². The van der Waals surface area contributed by atoms with Gasteiger partial charge in [0.25, 0.3) is 0 Å². The highest BCUT2D eigenvalue weighted by Crippen LogP contribution is 2.16. The van der Waals surface area contributed by atoms with E-state index in [1.807, 2.05) is 11.5 Å². The van der Waals surface area contributed by atoms with Gasteiger partial charge in [-0.3, -0.25) is 4.79 Å². The van der Waals surface area contributed by atoms with Crippen molar-refractivity contribution in [3.8, 4) is 0 Å². The monoisotopic (exact) mass is 243 g/mol. The van der Waals surface area contributed by atoms with E-state index in [1.165, 1.54) is 11.8 Å². The van der Waals surface area contributed by atoms with E-state index in [-0.39, 0.29) is 5.91 Å². The molecule has 0 unspecified atom stereocenters. The molecule has 7 heteroatoms. The summed E-state index contributed by atoms with van der Waals surface area (Å²) < 4.78 is 1.92. The van der Waals surface area contributed by atoms with Crippen LogP contribution in [0, 0.1) is 0 Å². The van der Waals surface area contributed by atoms with Crippen molar-refractivity contribution in [3.63, 3.8) is 0 Å². The van der Waals surface area contributed by atoms with Gasteiger partial charge in [-0.15, -0.1) is 10.2 Å². The maximum Gasteiger partial charge on any atom is 0.232 e. The molecule has 1 rings (SSSR count). The molecule has 0 aliphatic rings. The van der Waals surface area contributed by atoms with Gasteiger partial charge in [0.05, 0.1) is 12.3 Å². The molecule has 0 radical (unpaired) electrons. The molecule has 1 aromatic rings. The van der Waals surface area contributed by atoms with Gasteiger partial charge in [-0.1, -0.05) is 11.8 Å². The third-order valence-electron chi connectivity index (χ3n) is 2.12. The summed E-state index contributed by atoms with van der Waals surface area (Å²) in [6.07, 6.45) is 0. The minimum atomic E-state index is 0.0601. The van der Waals surface area contributed by atoms with E-state index in [0.29, 0.717) is 12.3 Å². The van der Waals surface area contributed by atoms with E-state index in [4.69, 9.17) is 5.73 Å². The van der Waals surface area contributed by atoms with Gasteiger partial charge in [-0.05, 0) is 6.92 Å². The molecule has 90 valence electrons. The number of nitrogens with zero attached hydrogens (tertiary/aromatic N) is 4. The average Bonchev–Trinajstić information content (AvgIpc) is 2.67. The highest BCUT2D eigenvalue weighted by Gasteiger charge is 2.12. The third kappa shape index (κ3) is 2.96. The van der Waals surface area contributed by atoms with Crippen LogP contribution in [0.4, 0.5) is 0 Å². The Labute approximate surface area is 99.2 Å². The molecular weight excluding hydrogens is 226 g/mol. The highest BCUT2D eigenvalue weighted by atomic mass is 32.2. The SMILES string of the molecule is CCn1c(CN)nnc1SCC(=O)N(C)C. The Morgan fingerprint density at radius 2 is 2.19 bits per heavy atom. The molecule has 0 aromatic carbocycles. The smallest absolute Gasteiger partial charge is 0.232 e. The van der Waals surface area contributed by atoms with Crippen LogP contribution in [-0.2, 0) is 17.9 Å². The lowest BCUT2D eigenvalue weighted by Crippen LogP contribution is -2.23. The van der Waals surface area contributed by atoms with Crippen LogP contribution in [-0.4, -0.2) is 45.4 Å². The predicted octanol–water partition coefficient (Wildman–Crippen LogP) is -0.0630. The van der Waals surface area contributed by atoms with E-state index >= 15 is 0 Å². The predicted molar refractivity (Wildman–Crippen MR) is 63.0 cm³/mol. The van der Waals surface area contributed by atoms with Crippen molar-refractivity contribution < 1.29 is 4.79 Å². The molecule has 0 aliphatic carbocycles. The Morgan fingerprint density at radius 3 is 2.69 bits per heavy atom. The van der Waals surface area contributed by atoms with E-state index < -0.39 is 0 Å². The van der Waals surface area contributed by atoms with Crippen molar-refractivity contribution in [1.29, 1.82) is 0 Å². The number of hydrogen-bond donors (Lipinski definition) is 1. The zero-order valence-corrected chi connectivity index (χ0v) is 10.6.